The lowest BCUT2D eigenvalue weighted by Gasteiger charge is -2.01. The Hall–Kier alpha value is -5.79. The molecule has 7 heterocycles. The molecule has 5 N–H and O–H groups in total. The fourth-order valence-corrected chi connectivity index (χ4v) is 4.41. The first kappa shape index (κ1) is 52.2. The summed E-state index contributed by atoms with van der Waals surface area (Å²) >= 11 is 1.49. The SMILES string of the molecule is C=C1N=C(C(C)C)NO1.C=C1N=C(C(C)C)NO1.C=C1N=C(C(C)C)NS1.CC(C)C1=NCC(=O)N1.CC(C)c1ncco1.CC(C)c1ncn[nH]1.CC(C)c1ncon1. The Morgan fingerprint density at radius 3 is 1.43 bits per heavy atom. The second-order valence-corrected chi connectivity index (χ2v) is 16.0. The van der Waals surface area contributed by atoms with Crippen LogP contribution >= 0.6 is 11.9 Å². The fourth-order valence-electron chi connectivity index (χ4n) is 3.77. The number of amidine groups is 4. The van der Waals surface area contributed by atoms with E-state index in [0.717, 1.165) is 45.9 Å². The number of oxazole rings is 1. The zero-order chi connectivity index (χ0) is 45.4. The van der Waals surface area contributed by atoms with Crippen LogP contribution in [0.2, 0.25) is 0 Å². The van der Waals surface area contributed by atoms with Crippen molar-refractivity contribution in [2.75, 3.05) is 6.54 Å². The molecule has 332 valence electrons. The third kappa shape index (κ3) is 21.8. The molecule has 0 atom stereocenters. The quantitative estimate of drug-likeness (QED) is 0.142. The first-order valence-corrected chi connectivity index (χ1v) is 20.5. The first-order chi connectivity index (χ1) is 28.2. The van der Waals surface area contributed by atoms with E-state index in [1.165, 1.54) is 24.7 Å². The summed E-state index contributed by atoms with van der Waals surface area (Å²) in [5.74, 6) is 9.79. The average molecular weight is 855 g/mol. The maximum absolute atomic E-state index is 10.5. The lowest BCUT2D eigenvalue weighted by atomic mass is 10.2. The van der Waals surface area contributed by atoms with Crippen LogP contribution in [0.15, 0.2) is 90.6 Å². The highest BCUT2D eigenvalue weighted by atomic mass is 32.2. The zero-order valence-corrected chi connectivity index (χ0v) is 38.5. The van der Waals surface area contributed by atoms with Gasteiger partial charge in [-0.25, -0.2) is 25.9 Å². The molecule has 19 nitrogen and oxygen atoms in total. The van der Waals surface area contributed by atoms with E-state index in [9.17, 15) is 4.79 Å². The Morgan fingerprint density at radius 2 is 1.23 bits per heavy atom. The Morgan fingerprint density at radius 1 is 0.667 bits per heavy atom. The fraction of sp³-hybridized carbons (Fsp3) is 0.550. The number of nitrogens with one attached hydrogen (secondary N) is 5. The molecule has 0 fully saturated rings. The molecule has 7 rings (SSSR count). The molecule has 0 aliphatic carbocycles. The summed E-state index contributed by atoms with van der Waals surface area (Å²) in [6, 6.07) is 0. The van der Waals surface area contributed by atoms with E-state index >= 15 is 0 Å². The molecule has 20 heteroatoms. The van der Waals surface area contributed by atoms with Crippen molar-refractivity contribution in [2.45, 2.75) is 115 Å². The number of rotatable bonds is 7. The van der Waals surface area contributed by atoms with E-state index in [1.54, 1.807) is 12.5 Å². The van der Waals surface area contributed by atoms with Crippen molar-refractivity contribution < 1.29 is 23.4 Å². The number of carbonyl (C=O) groups excluding carboxylic acids is 1. The minimum Gasteiger partial charge on any atom is -0.449 e. The van der Waals surface area contributed by atoms with Gasteiger partial charge in [-0.2, -0.15) is 20.1 Å². The summed E-state index contributed by atoms with van der Waals surface area (Å²) < 4.78 is 12.6. The maximum atomic E-state index is 10.5. The Bertz CT molecular complexity index is 1650. The van der Waals surface area contributed by atoms with Gasteiger partial charge in [0, 0.05) is 53.4 Å². The number of hydrogen-bond acceptors (Lipinski definition) is 18. The highest BCUT2D eigenvalue weighted by molar-refractivity contribution is 8.02. The highest BCUT2D eigenvalue weighted by Gasteiger charge is 2.15. The largest absolute Gasteiger partial charge is 0.449 e. The number of carbonyl (C=O) groups is 1. The standard InChI is InChI=1S/3C6H10N2O.C6H10N2S.C6H9NO.C5H9N3.C5H8N2O/c2*1-4(2)6-7-5(3)9-8-6;1-4(2)6-7-3-5(9)8-6;1-4(2)6-7-5(3)9-8-6;1-5(2)6-7-3-4-8-6;1-4(2)5-6-3-7-8-5;1-4(2)5-6-3-8-7-5/h2*4H,3H2,1-2H3,(H,7,8);4H,3H2,1-2H3,(H,7,8,9);4H,3H2,1-2H3,(H,7,8);3-5H,1-2H3;3-4H,1-2H3,(H,6,7,8);3-4H,1-2H3. The van der Waals surface area contributed by atoms with Gasteiger partial charge in [0.25, 0.3) is 0 Å². The van der Waals surface area contributed by atoms with Crippen LogP contribution < -0.4 is 21.0 Å². The van der Waals surface area contributed by atoms with E-state index < -0.39 is 0 Å². The molecule has 0 radical (unpaired) electrons. The minimum absolute atomic E-state index is 0.0127. The van der Waals surface area contributed by atoms with Crippen LogP contribution in [0, 0.1) is 23.7 Å². The number of amides is 1. The minimum atomic E-state index is 0.0127. The van der Waals surface area contributed by atoms with Crippen molar-refractivity contribution in [2.24, 2.45) is 43.6 Å². The van der Waals surface area contributed by atoms with E-state index in [0.29, 0.717) is 59.7 Å². The molecule has 3 aromatic heterocycles. The molecule has 0 saturated carbocycles. The van der Waals surface area contributed by atoms with E-state index in [2.05, 4.69) is 123 Å². The molecule has 4 aliphatic rings. The first-order valence-electron chi connectivity index (χ1n) is 19.7. The van der Waals surface area contributed by atoms with Crippen molar-refractivity contribution in [3.05, 3.63) is 79.3 Å². The third-order valence-electron chi connectivity index (χ3n) is 7.22. The van der Waals surface area contributed by atoms with Crippen LogP contribution in [0.1, 0.15) is 132 Å². The Balaban J connectivity index is 0.000000350. The van der Waals surface area contributed by atoms with Crippen LogP contribution in [0.3, 0.4) is 0 Å². The number of aliphatic imine (C=N–C) groups is 4. The van der Waals surface area contributed by atoms with Crippen LogP contribution in [0.25, 0.3) is 0 Å². The van der Waals surface area contributed by atoms with E-state index in [-0.39, 0.29) is 5.91 Å². The molecule has 0 aromatic carbocycles. The maximum Gasteiger partial charge on any atom is 0.247 e. The topological polar surface area (TPSA) is 240 Å². The predicted octanol–water partition coefficient (Wildman–Crippen LogP) is 7.95. The van der Waals surface area contributed by atoms with Crippen LogP contribution in [0.5, 0.6) is 0 Å². The molecule has 0 saturated heterocycles. The van der Waals surface area contributed by atoms with E-state index in [4.69, 9.17) is 14.1 Å². The smallest absolute Gasteiger partial charge is 0.247 e. The van der Waals surface area contributed by atoms with Gasteiger partial charge in [0.2, 0.25) is 24.1 Å². The van der Waals surface area contributed by atoms with E-state index in [1.807, 2.05) is 69.2 Å². The number of hydroxylamine groups is 2. The van der Waals surface area contributed by atoms with Gasteiger partial charge in [-0.3, -0.25) is 14.9 Å². The number of nitrogens with zero attached hydrogens (tertiary/aromatic N) is 9. The second kappa shape index (κ2) is 27.8. The monoisotopic (exact) mass is 855 g/mol. The van der Waals surface area contributed by atoms with Crippen molar-refractivity contribution in [1.29, 1.82) is 0 Å². The molecule has 60 heavy (non-hydrogen) atoms. The van der Waals surface area contributed by atoms with Gasteiger partial charge in [0.1, 0.15) is 53.3 Å². The lowest BCUT2D eigenvalue weighted by Crippen LogP contribution is -2.27. The molecule has 3 aromatic rings. The van der Waals surface area contributed by atoms with Crippen molar-refractivity contribution in [3.63, 3.8) is 0 Å². The third-order valence-corrected chi connectivity index (χ3v) is 7.86. The summed E-state index contributed by atoms with van der Waals surface area (Å²) in [5.41, 5.74) is 5.31. The molecular weight excluding hydrogens is 789 g/mol. The Kier molecular flexibility index (Phi) is 24.2. The predicted molar refractivity (Wildman–Crippen MR) is 238 cm³/mol. The van der Waals surface area contributed by atoms with Crippen molar-refractivity contribution in [1.82, 2.24) is 51.3 Å². The summed E-state index contributed by atoms with van der Waals surface area (Å²) in [4.78, 5) is 47.9. The van der Waals surface area contributed by atoms with Crippen LogP contribution in [-0.2, 0) is 14.5 Å². The van der Waals surface area contributed by atoms with Crippen molar-refractivity contribution >= 4 is 41.2 Å². The van der Waals surface area contributed by atoms with Gasteiger partial charge in [0.05, 0.1) is 6.20 Å². The van der Waals surface area contributed by atoms with Gasteiger partial charge in [-0.05, 0) is 13.2 Å². The average Bonchev–Trinajstić information content (AvgIpc) is 4.03. The molecule has 4 aliphatic heterocycles. The summed E-state index contributed by atoms with van der Waals surface area (Å²) in [6.45, 7) is 39.7. The van der Waals surface area contributed by atoms with Gasteiger partial charge >= 0.3 is 0 Å². The van der Waals surface area contributed by atoms with Crippen molar-refractivity contribution in [3.8, 4) is 0 Å². The number of aromatic nitrogens is 6. The Labute approximate surface area is 359 Å². The highest BCUT2D eigenvalue weighted by Crippen LogP contribution is 2.19. The zero-order valence-electron chi connectivity index (χ0n) is 37.7. The van der Waals surface area contributed by atoms with Gasteiger partial charge < -0.3 is 28.7 Å². The summed E-state index contributed by atoms with van der Waals surface area (Å²) in [5, 5.41) is 13.6. The van der Waals surface area contributed by atoms with Gasteiger partial charge in [0.15, 0.2) is 11.7 Å². The lowest BCUT2D eigenvalue weighted by molar-refractivity contribution is -0.117. The van der Waals surface area contributed by atoms with Crippen LogP contribution in [-0.4, -0.2) is 66.1 Å². The molecule has 0 unspecified atom stereocenters. The summed E-state index contributed by atoms with van der Waals surface area (Å²) in [6.07, 6.45) is 6.12. The second-order valence-electron chi connectivity index (χ2n) is 15.1. The van der Waals surface area contributed by atoms with Crippen LogP contribution in [0.4, 0.5) is 0 Å². The summed E-state index contributed by atoms with van der Waals surface area (Å²) in [7, 11) is 0. The number of H-pyrrole nitrogens is 1. The normalized spacial score (nSPS) is 14.8. The molecule has 0 spiro atoms. The molecule has 0 bridgehead atoms. The number of aromatic amines is 1. The van der Waals surface area contributed by atoms with Gasteiger partial charge in [-0.1, -0.05) is 109 Å². The van der Waals surface area contributed by atoms with Gasteiger partial charge in [-0.15, -0.1) is 0 Å². The molecular formula is C40H66N14O5S. The molecule has 1 amide bonds. The number of hydrogen-bond donors (Lipinski definition) is 5.